The summed E-state index contributed by atoms with van der Waals surface area (Å²) in [5.74, 6) is 0. The molecule has 23 heavy (non-hydrogen) atoms. The molecule has 0 spiro atoms. The number of rotatable bonds is 15. The lowest BCUT2D eigenvalue weighted by atomic mass is 10.0. The number of aliphatic hydroxyl groups excluding tert-OH is 1. The van der Waals surface area contributed by atoms with Crippen LogP contribution in [-0.4, -0.2) is 28.5 Å². The molecule has 0 rings (SSSR count). The van der Waals surface area contributed by atoms with Gasteiger partial charge in [0.2, 0.25) is 6.04 Å². The van der Waals surface area contributed by atoms with E-state index in [1.807, 2.05) is 18.4 Å². The minimum Gasteiger partial charge on any atom is -0.386 e. The average molecular weight is 324 g/mol. The van der Waals surface area contributed by atoms with Gasteiger partial charge in [-0.05, 0) is 25.7 Å². The van der Waals surface area contributed by atoms with Crippen LogP contribution >= 0.6 is 0 Å². The molecule has 2 atom stereocenters. The third-order valence-electron chi connectivity index (χ3n) is 3.71. The second-order valence-electron chi connectivity index (χ2n) is 5.69. The van der Waals surface area contributed by atoms with Crippen molar-refractivity contribution in [2.45, 2.75) is 83.3 Å². The number of allylic oxidation sites excluding steroid dienone is 3. The fraction of sp³-hybridized carbons (Fsp3) is 0.722. The predicted molar refractivity (Wildman–Crippen MR) is 92.6 cm³/mol. The van der Waals surface area contributed by atoms with Crippen molar-refractivity contribution in [2.75, 3.05) is 0 Å². The molecule has 5 nitrogen and oxygen atoms in total. The van der Waals surface area contributed by atoms with Crippen molar-refractivity contribution in [3.63, 3.8) is 0 Å². The van der Waals surface area contributed by atoms with Gasteiger partial charge in [-0.2, -0.15) is 0 Å². The van der Waals surface area contributed by atoms with E-state index >= 15 is 0 Å². The Kier molecular flexibility index (Phi) is 14.4. The van der Waals surface area contributed by atoms with Crippen molar-refractivity contribution in [1.29, 1.82) is 0 Å². The van der Waals surface area contributed by atoms with Crippen LogP contribution in [0.15, 0.2) is 24.3 Å². The summed E-state index contributed by atoms with van der Waals surface area (Å²) in [7, 11) is 0. The zero-order chi connectivity index (χ0) is 17.3. The fourth-order valence-electron chi connectivity index (χ4n) is 2.33. The number of nitrogens with zero attached hydrogens (tertiary/aromatic N) is 1. The van der Waals surface area contributed by atoms with E-state index in [-0.39, 0.29) is 11.3 Å². The lowest BCUT2D eigenvalue weighted by molar-refractivity contribution is -0.533. The predicted octanol–water partition coefficient (Wildman–Crippen LogP) is 4.14. The molecule has 1 N–H and O–H groups in total. The maximum absolute atomic E-state index is 11.1. The Bertz CT molecular complexity index is 366. The van der Waals surface area contributed by atoms with Crippen LogP contribution in [0.5, 0.6) is 0 Å². The number of hydrogen-bond acceptors (Lipinski definition) is 4. The van der Waals surface area contributed by atoms with Gasteiger partial charge < -0.3 is 5.11 Å². The maximum atomic E-state index is 11.1. The van der Waals surface area contributed by atoms with Gasteiger partial charge in [-0.1, -0.05) is 56.9 Å². The molecule has 0 aromatic rings. The molecule has 0 bridgehead atoms. The van der Waals surface area contributed by atoms with Crippen molar-refractivity contribution < 1.29 is 14.8 Å². The molecule has 131 valence electrons. The van der Waals surface area contributed by atoms with Gasteiger partial charge in [-0.3, -0.25) is 14.9 Å². The maximum Gasteiger partial charge on any atom is 0.241 e. The normalized spacial score (nSPS) is 14.3. The van der Waals surface area contributed by atoms with Gasteiger partial charge in [0.25, 0.3) is 0 Å². The van der Waals surface area contributed by atoms with Gasteiger partial charge in [-0.15, -0.1) is 0 Å². The van der Waals surface area contributed by atoms with Crippen LogP contribution in [0.3, 0.4) is 0 Å². The van der Waals surface area contributed by atoms with E-state index < -0.39 is 12.1 Å². The molecule has 0 aliphatic heterocycles. The van der Waals surface area contributed by atoms with E-state index in [1.54, 1.807) is 6.08 Å². The van der Waals surface area contributed by atoms with Gasteiger partial charge in [-0.25, -0.2) is 0 Å². The molecule has 0 saturated heterocycles. The van der Waals surface area contributed by atoms with Gasteiger partial charge in [0.15, 0.2) is 6.29 Å². The molecule has 0 aliphatic carbocycles. The Morgan fingerprint density at radius 2 is 1.74 bits per heavy atom. The summed E-state index contributed by atoms with van der Waals surface area (Å²) < 4.78 is 0. The molecule has 0 aliphatic rings. The zero-order valence-electron chi connectivity index (χ0n) is 14.2. The van der Waals surface area contributed by atoms with E-state index in [0.717, 1.165) is 44.9 Å². The summed E-state index contributed by atoms with van der Waals surface area (Å²) in [6.07, 6.45) is 16.2. The van der Waals surface area contributed by atoms with Crippen molar-refractivity contribution >= 4 is 6.29 Å². The second-order valence-corrected chi connectivity index (χ2v) is 5.69. The standard InChI is InChI=1S/C18H30NO4/c1-2-3-4-5-8-11-14-17(19(22)23)18(21)15-12-9-6-7-10-13-16-20/h3-4,8,11,17-18,21H,2,5-7,9-10,12-15H2,1H3/b4-3-,11-8-. The first kappa shape index (κ1) is 21.5. The van der Waals surface area contributed by atoms with Crippen LogP contribution in [-0.2, 0) is 4.79 Å². The van der Waals surface area contributed by atoms with Crippen LogP contribution in [0.4, 0.5) is 0 Å². The highest BCUT2D eigenvalue weighted by molar-refractivity contribution is 5.50. The van der Waals surface area contributed by atoms with Crippen LogP contribution < -0.4 is 0 Å². The summed E-state index contributed by atoms with van der Waals surface area (Å²) in [6.45, 7) is 2.06. The van der Waals surface area contributed by atoms with E-state index in [9.17, 15) is 20.0 Å². The summed E-state index contributed by atoms with van der Waals surface area (Å²) >= 11 is 0. The Labute approximate surface area is 139 Å². The number of aliphatic hydroxyl groups is 1. The first-order valence-electron chi connectivity index (χ1n) is 8.60. The van der Waals surface area contributed by atoms with Crippen molar-refractivity contribution in [3.8, 4) is 0 Å². The summed E-state index contributed by atoms with van der Waals surface area (Å²) in [6, 6.07) is -0.925. The monoisotopic (exact) mass is 324 g/mol. The van der Waals surface area contributed by atoms with E-state index in [2.05, 4.69) is 13.0 Å². The average Bonchev–Trinajstić information content (AvgIpc) is 2.52. The Morgan fingerprint density at radius 1 is 1.09 bits per heavy atom. The van der Waals surface area contributed by atoms with E-state index in [0.29, 0.717) is 12.8 Å². The summed E-state index contributed by atoms with van der Waals surface area (Å²) in [5.41, 5.74) is 0. The molecular formula is C18H30NO4. The van der Waals surface area contributed by atoms with Gasteiger partial charge >= 0.3 is 0 Å². The SMILES string of the molecule is CC/C=C\C/C=C\CC(C(O)CCCCCCC[C]=O)[N+](=O)[O-]. The zero-order valence-corrected chi connectivity index (χ0v) is 14.2. The molecule has 0 fully saturated rings. The number of hydrogen-bond donors (Lipinski definition) is 1. The molecule has 0 saturated carbocycles. The van der Waals surface area contributed by atoms with Crippen molar-refractivity contribution in [3.05, 3.63) is 34.4 Å². The molecule has 0 heterocycles. The first-order valence-corrected chi connectivity index (χ1v) is 8.60. The number of unbranched alkanes of at least 4 members (excludes halogenated alkanes) is 5. The third-order valence-corrected chi connectivity index (χ3v) is 3.71. The molecule has 2 unspecified atom stereocenters. The molecule has 0 amide bonds. The van der Waals surface area contributed by atoms with Crippen LogP contribution in [0.2, 0.25) is 0 Å². The van der Waals surface area contributed by atoms with Crippen molar-refractivity contribution in [1.82, 2.24) is 0 Å². The molecule has 1 radical (unpaired) electrons. The lowest BCUT2D eigenvalue weighted by Gasteiger charge is -2.14. The van der Waals surface area contributed by atoms with Gasteiger partial charge in [0.1, 0.15) is 6.10 Å². The summed E-state index contributed by atoms with van der Waals surface area (Å²) in [5, 5.41) is 21.1. The first-order chi connectivity index (χ1) is 11.1. The quantitative estimate of drug-likeness (QED) is 0.212. The highest BCUT2D eigenvalue weighted by atomic mass is 16.6. The fourth-order valence-corrected chi connectivity index (χ4v) is 2.33. The summed E-state index contributed by atoms with van der Waals surface area (Å²) in [4.78, 5) is 20.7. The number of carbonyl (C=O) groups excluding carboxylic acids is 1. The number of nitro groups is 1. The molecule has 0 aromatic heterocycles. The lowest BCUT2D eigenvalue weighted by Crippen LogP contribution is -2.33. The molecular weight excluding hydrogens is 294 g/mol. The highest BCUT2D eigenvalue weighted by Crippen LogP contribution is 2.14. The molecule has 5 heteroatoms. The third kappa shape index (κ3) is 12.7. The minimum absolute atomic E-state index is 0.267. The van der Waals surface area contributed by atoms with E-state index in [4.69, 9.17) is 0 Å². The second kappa shape index (κ2) is 15.4. The Balaban J connectivity index is 3.96. The van der Waals surface area contributed by atoms with Crippen LogP contribution in [0.25, 0.3) is 0 Å². The highest BCUT2D eigenvalue weighted by Gasteiger charge is 2.27. The van der Waals surface area contributed by atoms with Crippen LogP contribution in [0, 0.1) is 10.1 Å². The minimum atomic E-state index is -0.925. The van der Waals surface area contributed by atoms with Gasteiger partial charge in [0.05, 0.1) is 0 Å². The largest absolute Gasteiger partial charge is 0.386 e. The van der Waals surface area contributed by atoms with Crippen molar-refractivity contribution in [2.24, 2.45) is 0 Å². The van der Waals surface area contributed by atoms with Crippen LogP contribution in [0.1, 0.15) is 71.1 Å². The Hall–Kier alpha value is -1.49. The smallest absolute Gasteiger partial charge is 0.241 e. The Morgan fingerprint density at radius 3 is 2.39 bits per heavy atom. The molecule has 0 aromatic carbocycles. The van der Waals surface area contributed by atoms with Gasteiger partial charge in [0, 0.05) is 17.8 Å². The van der Waals surface area contributed by atoms with E-state index in [1.165, 1.54) is 0 Å². The topological polar surface area (TPSA) is 80.4 Å².